The Morgan fingerprint density at radius 1 is 0.919 bits per heavy atom. The van der Waals surface area contributed by atoms with Crippen molar-refractivity contribution in [1.29, 1.82) is 0 Å². The zero-order valence-electron chi connectivity index (χ0n) is 22.4. The van der Waals surface area contributed by atoms with Gasteiger partial charge in [-0.2, -0.15) is 0 Å². The van der Waals surface area contributed by atoms with E-state index in [1.165, 1.54) is 12.8 Å². The van der Waals surface area contributed by atoms with Crippen LogP contribution >= 0.6 is 0 Å². The fourth-order valence-electron chi connectivity index (χ4n) is 3.94. The quantitative estimate of drug-likeness (QED) is 0.300. The highest BCUT2D eigenvalue weighted by Crippen LogP contribution is 2.24. The number of aromatic nitrogens is 1. The zero-order chi connectivity index (χ0) is 27.2. The number of aromatic amines is 1. The number of H-pyrrole nitrogens is 1. The lowest BCUT2D eigenvalue weighted by molar-refractivity contribution is -0.130. The summed E-state index contributed by atoms with van der Waals surface area (Å²) in [5.74, 6) is -1.32. The smallest absolute Gasteiger partial charge is 0.323 e. The first-order valence-corrected chi connectivity index (χ1v) is 13.3. The number of benzene rings is 2. The third-order valence-electron chi connectivity index (χ3n) is 5.94. The van der Waals surface area contributed by atoms with E-state index in [-0.39, 0.29) is 11.6 Å². The number of carbonyl (C=O) groups is 2. The molecule has 8 heteroatoms. The molecule has 1 saturated heterocycles. The zero-order valence-corrected chi connectivity index (χ0v) is 22.4. The number of nitrogens with one attached hydrogen (secondary N) is 3. The van der Waals surface area contributed by atoms with Gasteiger partial charge in [0.15, 0.2) is 0 Å². The van der Waals surface area contributed by atoms with E-state index in [1.54, 1.807) is 6.07 Å². The molecule has 0 spiro atoms. The lowest BCUT2D eigenvalue weighted by atomic mass is 10.1. The Morgan fingerprint density at radius 3 is 2.16 bits per heavy atom. The van der Waals surface area contributed by atoms with Crippen molar-refractivity contribution in [3.8, 4) is 0 Å². The number of unbranched alkanes of at least 4 members (excludes halogenated alkanes) is 1. The highest BCUT2D eigenvalue weighted by molar-refractivity contribution is 6.01. The summed E-state index contributed by atoms with van der Waals surface area (Å²) in [5.41, 5.74) is 2.58. The average Bonchev–Trinajstić information content (AvgIpc) is 3.55. The van der Waals surface area contributed by atoms with Crippen molar-refractivity contribution in [3.05, 3.63) is 59.8 Å². The molecule has 0 aliphatic carbocycles. The predicted octanol–water partition coefficient (Wildman–Crippen LogP) is 7.87. The van der Waals surface area contributed by atoms with Crippen LogP contribution in [0.2, 0.25) is 0 Å². The summed E-state index contributed by atoms with van der Waals surface area (Å²) >= 11 is 0. The van der Waals surface area contributed by atoms with Gasteiger partial charge >= 0.3 is 6.03 Å². The van der Waals surface area contributed by atoms with Gasteiger partial charge in [0.2, 0.25) is 5.91 Å². The number of urea groups is 1. The Hall–Kier alpha value is -3.42. The van der Waals surface area contributed by atoms with Crippen molar-refractivity contribution in [2.24, 2.45) is 0 Å². The summed E-state index contributed by atoms with van der Waals surface area (Å²) in [6, 6.07) is 7.66. The standard InChI is InChI=1S/C23H24F2N4O2.C4H10.C2H6/c24-16-10-17(25)12-19(11-16)28-23(31)27-18-6-7-21-20(13-18)15(14-26-21)4-3-5-22(30)29-8-1-2-9-29;1-3-4-2;1-2/h6-7,10-14,26H,1-5,8-9H2,(H2,27,28,31);3-4H2,1-2H3;1-2H3. The maximum atomic E-state index is 13.3. The molecule has 1 aliphatic rings. The van der Waals surface area contributed by atoms with Crippen LogP contribution in [0.5, 0.6) is 0 Å². The van der Waals surface area contributed by atoms with Crippen molar-refractivity contribution in [1.82, 2.24) is 9.88 Å². The molecular weight excluding hydrogens is 474 g/mol. The third-order valence-corrected chi connectivity index (χ3v) is 5.94. The molecule has 0 atom stereocenters. The van der Waals surface area contributed by atoms with E-state index < -0.39 is 17.7 Å². The van der Waals surface area contributed by atoms with Crippen molar-refractivity contribution >= 4 is 34.2 Å². The fourth-order valence-corrected chi connectivity index (χ4v) is 3.94. The van der Waals surface area contributed by atoms with Crippen molar-refractivity contribution in [2.75, 3.05) is 23.7 Å². The van der Waals surface area contributed by atoms with Crippen LogP contribution in [0.3, 0.4) is 0 Å². The second-order valence-electron chi connectivity index (χ2n) is 8.75. The molecule has 0 bridgehead atoms. The van der Waals surface area contributed by atoms with Crippen molar-refractivity contribution < 1.29 is 18.4 Å². The van der Waals surface area contributed by atoms with Gasteiger partial charge in [-0.3, -0.25) is 4.79 Å². The molecule has 4 rings (SSSR count). The molecule has 37 heavy (non-hydrogen) atoms. The molecule has 1 fully saturated rings. The second-order valence-corrected chi connectivity index (χ2v) is 8.75. The number of anilines is 2. The molecule has 3 aromatic rings. The summed E-state index contributed by atoms with van der Waals surface area (Å²) < 4.78 is 26.6. The van der Waals surface area contributed by atoms with E-state index in [1.807, 2.05) is 37.1 Å². The molecule has 3 N–H and O–H groups in total. The Kier molecular flexibility index (Phi) is 12.6. The van der Waals surface area contributed by atoms with Crippen LogP contribution in [0.15, 0.2) is 42.6 Å². The van der Waals surface area contributed by atoms with Gasteiger partial charge in [0.25, 0.3) is 0 Å². The molecule has 0 radical (unpaired) electrons. The summed E-state index contributed by atoms with van der Waals surface area (Å²) in [4.78, 5) is 29.6. The number of rotatable bonds is 7. The van der Waals surface area contributed by atoms with Gasteiger partial charge in [0, 0.05) is 54.1 Å². The SMILES string of the molecule is CC.CCCC.O=C(Nc1cc(F)cc(F)c1)Nc1ccc2[nH]cc(CCCC(=O)N3CCCC3)c2c1. The van der Waals surface area contributed by atoms with E-state index >= 15 is 0 Å². The number of likely N-dealkylation sites (tertiary alicyclic amines) is 1. The molecule has 3 amide bonds. The topological polar surface area (TPSA) is 77.2 Å². The Labute approximate surface area is 218 Å². The molecule has 6 nitrogen and oxygen atoms in total. The van der Waals surface area contributed by atoms with Crippen LogP contribution in [-0.4, -0.2) is 34.9 Å². The molecule has 0 unspecified atom stereocenters. The largest absolute Gasteiger partial charge is 0.361 e. The molecular formula is C29H40F2N4O2. The van der Waals surface area contributed by atoms with Gasteiger partial charge in [-0.1, -0.05) is 40.5 Å². The molecule has 1 aliphatic heterocycles. The number of hydrogen-bond donors (Lipinski definition) is 3. The summed E-state index contributed by atoms with van der Waals surface area (Å²) in [6.45, 7) is 10.1. The average molecular weight is 515 g/mol. The number of hydrogen-bond acceptors (Lipinski definition) is 2. The number of carbonyl (C=O) groups excluding carboxylic acids is 2. The van der Waals surface area contributed by atoms with Gasteiger partial charge in [0.05, 0.1) is 0 Å². The van der Waals surface area contributed by atoms with Gasteiger partial charge in [0.1, 0.15) is 11.6 Å². The minimum atomic E-state index is -0.767. The first kappa shape index (κ1) is 29.8. The van der Waals surface area contributed by atoms with Gasteiger partial charge in [-0.25, -0.2) is 13.6 Å². The van der Waals surface area contributed by atoms with Crippen LogP contribution in [0.1, 0.15) is 71.8 Å². The minimum absolute atomic E-state index is 0.0288. The number of halogens is 2. The van der Waals surface area contributed by atoms with Crippen LogP contribution < -0.4 is 10.6 Å². The Balaban J connectivity index is 0.000000733. The number of nitrogens with zero attached hydrogens (tertiary/aromatic N) is 1. The highest BCUT2D eigenvalue weighted by Gasteiger charge is 2.17. The summed E-state index contributed by atoms with van der Waals surface area (Å²) in [7, 11) is 0. The van der Waals surface area contributed by atoms with E-state index in [0.717, 1.165) is 73.4 Å². The second kappa shape index (κ2) is 15.6. The molecule has 202 valence electrons. The fraction of sp³-hybridized carbons (Fsp3) is 0.448. The van der Waals surface area contributed by atoms with Crippen LogP contribution in [0.4, 0.5) is 25.0 Å². The van der Waals surface area contributed by atoms with Crippen LogP contribution in [0, 0.1) is 11.6 Å². The van der Waals surface area contributed by atoms with Crippen molar-refractivity contribution in [3.63, 3.8) is 0 Å². The van der Waals surface area contributed by atoms with Gasteiger partial charge in [-0.05, 0) is 61.6 Å². The molecule has 0 saturated carbocycles. The maximum absolute atomic E-state index is 13.3. The lowest BCUT2D eigenvalue weighted by Gasteiger charge is -2.14. The van der Waals surface area contributed by atoms with E-state index in [0.29, 0.717) is 12.1 Å². The summed E-state index contributed by atoms with van der Waals surface area (Å²) in [6.07, 6.45) is 8.77. The number of aryl methyl sites for hydroxylation is 1. The van der Waals surface area contributed by atoms with Gasteiger partial charge < -0.3 is 20.5 Å². The molecule has 2 aromatic carbocycles. The van der Waals surface area contributed by atoms with Crippen molar-refractivity contribution in [2.45, 2.75) is 72.6 Å². The van der Waals surface area contributed by atoms with E-state index in [4.69, 9.17) is 0 Å². The lowest BCUT2D eigenvalue weighted by Crippen LogP contribution is -2.27. The maximum Gasteiger partial charge on any atom is 0.323 e. The third kappa shape index (κ3) is 9.52. The minimum Gasteiger partial charge on any atom is -0.361 e. The summed E-state index contributed by atoms with van der Waals surface area (Å²) in [5, 5.41) is 6.06. The van der Waals surface area contributed by atoms with Crippen LogP contribution in [0.25, 0.3) is 10.9 Å². The monoisotopic (exact) mass is 514 g/mol. The Morgan fingerprint density at radius 2 is 1.54 bits per heavy atom. The van der Waals surface area contributed by atoms with Gasteiger partial charge in [-0.15, -0.1) is 0 Å². The normalized spacial score (nSPS) is 12.3. The van der Waals surface area contributed by atoms with Crippen LogP contribution in [-0.2, 0) is 11.2 Å². The number of amides is 3. The van der Waals surface area contributed by atoms with E-state index in [2.05, 4.69) is 29.5 Å². The predicted molar refractivity (Wildman–Crippen MR) is 148 cm³/mol. The number of fused-ring (bicyclic) bond motifs is 1. The molecule has 2 heterocycles. The first-order valence-electron chi connectivity index (χ1n) is 13.3. The molecule has 1 aromatic heterocycles. The van der Waals surface area contributed by atoms with E-state index in [9.17, 15) is 18.4 Å². The Bertz CT molecular complexity index is 1120. The highest BCUT2D eigenvalue weighted by atomic mass is 19.1. The first-order chi connectivity index (χ1) is 17.9.